The summed E-state index contributed by atoms with van der Waals surface area (Å²) < 4.78 is 2.11. The summed E-state index contributed by atoms with van der Waals surface area (Å²) in [6.45, 7) is 4.75. The summed E-state index contributed by atoms with van der Waals surface area (Å²) in [6.07, 6.45) is 3.79. The van der Waals surface area contributed by atoms with Crippen molar-refractivity contribution in [1.82, 2.24) is 25.0 Å². The number of piperidine rings is 1. The summed E-state index contributed by atoms with van der Waals surface area (Å²) in [5.74, 6) is 2.03. The summed E-state index contributed by atoms with van der Waals surface area (Å²) in [7, 11) is 0. The summed E-state index contributed by atoms with van der Waals surface area (Å²) in [4.78, 5) is 14.5. The fraction of sp³-hybridized carbons (Fsp3) is 0.350. The molecule has 0 aliphatic carbocycles. The van der Waals surface area contributed by atoms with Crippen LogP contribution in [0.15, 0.2) is 48.8 Å². The van der Waals surface area contributed by atoms with E-state index >= 15 is 0 Å². The Morgan fingerprint density at radius 2 is 1.86 bits per heavy atom. The average Bonchev–Trinajstić information content (AvgIpc) is 3.24. The highest BCUT2D eigenvalue weighted by molar-refractivity contribution is 6.02. The van der Waals surface area contributed by atoms with Gasteiger partial charge in [-0.15, -0.1) is 20.4 Å². The van der Waals surface area contributed by atoms with E-state index in [2.05, 4.69) is 42.1 Å². The molecule has 0 spiro atoms. The maximum atomic E-state index is 12.3. The molecule has 0 atom stereocenters. The maximum Gasteiger partial charge on any atom is 0.276 e. The second-order valence-corrected chi connectivity index (χ2v) is 6.83. The van der Waals surface area contributed by atoms with Crippen molar-refractivity contribution in [3.05, 3.63) is 60.3 Å². The molecule has 144 valence electrons. The Morgan fingerprint density at radius 3 is 2.54 bits per heavy atom. The summed E-state index contributed by atoms with van der Waals surface area (Å²) in [5.41, 5.74) is 1.04. The Kier molecular flexibility index (Phi) is 5.27. The van der Waals surface area contributed by atoms with E-state index in [0.29, 0.717) is 11.6 Å². The predicted octanol–water partition coefficient (Wildman–Crippen LogP) is 2.72. The molecule has 2 aromatic heterocycles. The smallest absolute Gasteiger partial charge is 0.276 e. The number of amides is 1. The highest BCUT2D eigenvalue weighted by Crippen LogP contribution is 2.28. The molecule has 28 heavy (non-hydrogen) atoms. The molecule has 1 aromatic carbocycles. The summed E-state index contributed by atoms with van der Waals surface area (Å²) in [5, 5.41) is 19.5. The number of nitrogens with zero attached hydrogens (tertiary/aromatic N) is 6. The minimum Gasteiger partial charge on any atom is -0.355 e. The molecule has 8 heteroatoms. The third kappa shape index (κ3) is 3.85. The lowest BCUT2D eigenvalue weighted by Gasteiger charge is -2.32. The van der Waals surface area contributed by atoms with Crippen LogP contribution in [0.1, 0.15) is 42.0 Å². The number of hydrogen-bond donors (Lipinski definition) is 1. The topological polar surface area (TPSA) is 88.8 Å². The molecular weight excluding hydrogens is 354 g/mol. The number of benzene rings is 1. The van der Waals surface area contributed by atoms with Crippen molar-refractivity contribution in [3.8, 4) is 0 Å². The van der Waals surface area contributed by atoms with Gasteiger partial charge in [0.2, 0.25) is 0 Å². The second-order valence-electron chi connectivity index (χ2n) is 6.83. The standard InChI is InChI=1S/C20H23N7O/c1-2-26-14-21-25-19(26)15-10-12-27(13-11-15)18-9-8-17(23-24-18)20(28)22-16-6-4-3-5-7-16/h3-9,14-15H,2,10-13H2,1H3,(H,22,28). The van der Waals surface area contributed by atoms with Gasteiger partial charge in [0.25, 0.3) is 5.91 Å². The Balaban J connectivity index is 1.36. The molecular formula is C20H23N7O. The molecule has 0 unspecified atom stereocenters. The van der Waals surface area contributed by atoms with Crippen molar-refractivity contribution in [3.63, 3.8) is 0 Å². The first-order chi connectivity index (χ1) is 13.7. The van der Waals surface area contributed by atoms with Crippen molar-refractivity contribution in [2.24, 2.45) is 0 Å². The SMILES string of the molecule is CCn1cnnc1C1CCN(c2ccc(C(=O)Nc3ccccc3)nn2)CC1. The van der Waals surface area contributed by atoms with Crippen molar-refractivity contribution < 1.29 is 4.79 Å². The van der Waals surface area contributed by atoms with Gasteiger partial charge in [0.1, 0.15) is 12.2 Å². The van der Waals surface area contributed by atoms with Gasteiger partial charge in [-0.3, -0.25) is 4.79 Å². The molecule has 1 aliphatic rings. The molecule has 0 saturated carbocycles. The van der Waals surface area contributed by atoms with Crippen molar-refractivity contribution in [2.75, 3.05) is 23.3 Å². The fourth-order valence-electron chi connectivity index (χ4n) is 3.52. The van der Waals surface area contributed by atoms with Gasteiger partial charge < -0.3 is 14.8 Å². The van der Waals surface area contributed by atoms with Crippen LogP contribution >= 0.6 is 0 Å². The lowest BCUT2D eigenvalue weighted by molar-refractivity contribution is 0.102. The first-order valence-corrected chi connectivity index (χ1v) is 9.57. The first-order valence-electron chi connectivity index (χ1n) is 9.57. The highest BCUT2D eigenvalue weighted by atomic mass is 16.1. The lowest BCUT2D eigenvalue weighted by Crippen LogP contribution is -2.34. The largest absolute Gasteiger partial charge is 0.355 e. The number of hydrogen-bond acceptors (Lipinski definition) is 6. The zero-order valence-electron chi connectivity index (χ0n) is 15.8. The molecule has 3 heterocycles. The number of anilines is 2. The Bertz CT molecular complexity index is 915. The molecule has 3 aromatic rings. The minimum absolute atomic E-state index is 0.261. The van der Waals surface area contributed by atoms with E-state index in [1.54, 1.807) is 12.4 Å². The molecule has 1 N–H and O–H groups in total. The van der Waals surface area contributed by atoms with Gasteiger partial charge >= 0.3 is 0 Å². The van der Waals surface area contributed by atoms with E-state index in [1.807, 2.05) is 36.4 Å². The van der Waals surface area contributed by atoms with Gasteiger partial charge in [-0.25, -0.2) is 0 Å². The van der Waals surface area contributed by atoms with Crippen LogP contribution in [0.4, 0.5) is 11.5 Å². The molecule has 1 fully saturated rings. The van der Waals surface area contributed by atoms with Crippen molar-refractivity contribution >= 4 is 17.4 Å². The van der Waals surface area contributed by atoms with Crippen molar-refractivity contribution in [2.45, 2.75) is 32.2 Å². The zero-order valence-corrected chi connectivity index (χ0v) is 15.8. The van der Waals surface area contributed by atoms with Gasteiger partial charge in [-0.1, -0.05) is 18.2 Å². The summed E-state index contributed by atoms with van der Waals surface area (Å²) in [6, 6.07) is 12.9. The molecule has 0 radical (unpaired) electrons. The number of aryl methyl sites for hydroxylation is 1. The molecule has 1 saturated heterocycles. The van der Waals surface area contributed by atoms with Crippen LogP contribution in [-0.4, -0.2) is 44.0 Å². The first kappa shape index (κ1) is 18.1. The average molecular weight is 377 g/mol. The third-order valence-corrected chi connectivity index (χ3v) is 5.09. The number of carbonyl (C=O) groups excluding carboxylic acids is 1. The number of carbonyl (C=O) groups is 1. The van der Waals surface area contributed by atoms with Gasteiger partial charge in [0, 0.05) is 31.2 Å². The van der Waals surface area contributed by atoms with E-state index in [0.717, 1.165) is 49.8 Å². The van der Waals surface area contributed by atoms with E-state index < -0.39 is 0 Å². The van der Waals surface area contributed by atoms with Gasteiger partial charge in [-0.05, 0) is 44.0 Å². The molecule has 1 aliphatic heterocycles. The lowest BCUT2D eigenvalue weighted by atomic mass is 9.96. The zero-order chi connectivity index (χ0) is 19.3. The van der Waals surface area contributed by atoms with Crippen molar-refractivity contribution in [1.29, 1.82) is 0 Å². The Labute approximate surface area is 163 Å². The fourth-order valence-corrected chi connectivity index (χ4v) is 3.52. The van der Waals surface area contributed by atoms with Crippen LogP contribution in [-0.2, 0) is 6.54 Å². The van der Waals surface area contributed by atoms with E-state index in [1.165, 1.54) is 0 Å². The van der Waals surface area contributed by atoms with Crippen LogP contribution in [0, 0.1) is 0 Å². The van der Waals surface area contributed by atoms with Crippen LogP contribution in [0.2, 0.25) is 0 Å². The van der Waals surface area contributed by atoms with E-state index in [4.69, 9.17) is 0 Å². The third-order valence-electron chi connectivity index (χ3n) is 5.09. The van der Waals surface area contributed by atoms with Gasteiger partial charge in [-0.2, -0.15) is 0 Å². The predicted molar refractivity (Wildman–Crippen MR) is 106 cm³/mol. The highest BCUT2D eigenvalue weighted by Gasteiger charge is 2.25. The van der Waals surface area contributed by atoms with E-state index in [9.17, 15) is 4.79 Å². The van der Waals surface area contributed by atoms with Crippen LogP contribution in [0.3, 0.4) is 0 Å². The molecule has 8 nitrogen and oxygen atoms in total. The minimum atomic E-state index is -0.261. The Morgan fingerprint density at radius 1 is 1.07 bits per heavy atom. The molecule has 0 bridgehead atoms. The molecule has 4 rings (SSSR count). The molecule has 1 amide bonds. The maximum absolute atomic E-state index is 12.3. The summed E-state index contributed by atoms with van der Waals surface area (Å²) >= 11 is 0. The number of nitrogens with one attached hydrogen (secondary N) is 1. The quantitative estimate of drug-likeness (QED) is 0.735. The number of para-hydroxylation sites is 1. The van der Waals surface area contributed by atoms with Crippen LogP contribution < -0.4 is 10.2 Å². The number of aromatic nitrogens is 5. The van der Waals surface area contributed by atoms with Crippen LogP contribution in [0.5, 0.6) is 0 Å². The second kappa shape index (κ2) is 8.16. The van der Waals surface area contributed by atoms with Gasteiger partial charge in [0.15, 0.2) is 11.5 Å². The van der Waals surface area contributed by atoms with Crippen LogP contribution in [0.25, 0.3) is 0 Å². The Hall–Kier alpha value is -3.29. The van der Waals surface area contributed by atoms with E-state index in [-0.39, 0.29) is 5.91 Å². The van der Waals surface area contributed by atoms with Gasteiger partial charge in [0.05, 0.1) is 0 Å². The monoisotopic (exact) mass is 377 g/mol. The number of rotatable bonds is 5. The normalized spacial score (nSPS) is 14.8.